The third kappa shape index (κ3) is 5.46. The summed E-state index contributed by atoms with van der Waals surface area (Å²) in [4.78, 5) is 4.86. The maximum Gasteiger partial charge on any atom is 1.00 e. The van der Waals surface area contributed by atoms with Gasteiger partial charge in [0, 0.05) is 14.0 Å². The summed E-state index contributed by atoms with van der Waals surface area (Å²) >= 11 is 0. The molecule has 0 spiro atoms. The van der Waals surface area contributed by atoms with Gasteiger partial charge in [0.05, 0.1) is 36.3 Å². The van der Waals surface area contributed by atoms with Crippen LogP contribution in [0.15, 0.2) is 24.3 Å². The number of fused-ring (bicyclic) bond motifs is 1. The standard InChI is InChI=1S/C14H21N2P.C2H3N.CH3.Ru/c1-10(2)17(11(3)4)14-15-12-8-6-7-9-13(12)16(14)5;1-2-3;;/h6-11H,1-5H3;1H3;1H3;/q;;-1;+1/p+1. The SMILES string of the molecule is CC#N.CC(C)[PH+](c1nc2ccccc2n1C)C(C)C.[CH3-].[Ru+]. The average molecular weight is 406 g/mol. The number of hydrogen-bond donors (Lipinski definition) is 0. The summed E-state index contributed by atoms with van der Waals surface area (Å²) in [5.41, 5.74) is 5.15. The Labute approximate surface area is 149 Å². The molecule has 5 heteroatoms. The van der Waals surface area contributed by atoms with E-state index in [0.29, 0.717) is 0 Å². The molecule has 0 N–H and O–H groups in total. The van der Waals surface area contributed by atoms with Gasteiger partial charge in [-0.2, -0.15) is 10.2 Å². The van der Waals surface area contributed by atoms with Gasteiger partial charge in [0.1, 0.15) is 0 Å². The van der Waals surface area contributed by atoms with Crippen LogP contribution in [0.25, 0.3) is 11.0 Å². The predicted molar refractivity (Wildman–Crippen MR) is 96.6 cm³/mol. The molecule has 0 bridgehead atoms. The minimum atomic E-state index is -0.595. The number of imidazole rings is 1. The van der Waals surface area contributed by atoms with Crippen LogP contribution in [0, 0.1) is 18.8 Å². The summed E-state index contributed by atoms with van der Waals surface area (Å²) in [6.45, 7) is 10.7. The number of nitrogens with zero attached hydrogens (tertiary/aromatic N) is 3. The zero-order chi connectivity index (χ0) is 15.3. The summed E-state index contributed by atoms with van der Waals surface area (Å²) in [6, 6.07) is 10.2. The van der Waals surface area contributed by atoms with Crippen molar-refractivity contribution in [2.75, 3.05) is 0 Å². The van der Waals surface area contributed by atoms with Crippen LogP contribution in [0.1, 0.15) is 34.6 Å². The molecule has 1 aromatic heterocycles. The second-order valence-electron chi connectivity index (χ2n) is 5.47. The normalized spacial score (nSPS) is 9.82. The van der Waals surface area contributed by atoms with Crippen molar-refractivity contribution in [3.63, 3.8) is 0 Å². The van der Waals surface area contributed by atoms with Crippen molar-refractivity contribution in [2.24, 2.45) is 7.05 Å². The molecule has 0 saturated carbocycles. The molecular weight excluding hydrogens is 378 g/mol. The molecule has 22 heavy (non-hydrogen) atoms. The third-order valence-corrected chi connectivity index (χ3v) is 6.74. The fourth-order valence-electron chi connectivity index (χ4n) is 2.59. The van der Waals surface area contributed by atoms with Gasteiger partial charge in [-0.15, -0.1) is 0 Å². The van der Waals surface area contributed by atoms with Crippen molar-refractivity contribution in [1.29, 1.82) is 5.26 Å². The molecule has 1 heterocycles. The van der Waals surface area contributed by atoms with Crippen molar-refractivity contribution in [3.05, 3.63) is 31.7 Å². The molecule has 123 valence electrons. The van der Waals surface area contributed by atoms with Gasteiger partial charge >= 0.3 is 19.5 Å². The number of hydrogen-bond acceptors (Lipinski definition) is 2. The first-order valence-corrected chi connectivity index (χ1v) is 8.68. The van der Waals surface area contributed by atoms with E-state index in [2.05, 4.69) is 63.6 Å². The smallest absolute Gasteiger partial charge is 0.358 e. The van der Waals surface area contributed by atoms with Gasteiger partial charge in [-0.25, -0.2) is 0 Å². The fraction of sp³-hybridized carbons (Fsp3) is 0.471. The summed E-state index contributed by atoms with van der Waals surface area (Å²) < 4.78 is 2.30. The Morgan fingerprint density at radius 1 is 1.14 bits per heavy atom. The molecule has 0 fully saturated rings. The molecule has 0 aliphatic heterocycles. The van der Waals surface area contributed by atoms with E-state index >= 15 is 0 Å². The molecule has 1 aromatic carbocycles. The number of nitriles is 1. The number of benzene rings is 1. The molecule has 0 atom stereocenters. The van der Waals surface area contributed by atoms with Gasteiger partial charge in [-0.3, -0.25) is 4.57 Å². The Balaban J connectivity index is 0. The Hall–Kier alpha value is -0.767. The van der Waals surface area contributed by atoms with Crippen LogP contribution in [-0.4, -0.2) is 20.9 Å². The van der Waals surface area contributed by atoms with Gasteiger partial charge in [0.2, 0.25) is 0 Å². The van der Waals surface area contributed by atoms with Crippen LogP contribution < -0.4 is 5.57 Å². The fourth-order valence-corrected chi connectivity index (χ4v) is 5.71. The van der Waals surface area contributed by atoms with E-state index in [-0.39, 0.29) is 26.9 Å². The largest absolute Gasteiger partial charge is 1.00 e. The first-order valence-electron chi connectivity index (χ1n) is 7.03. The van der Waals surface area contributed by atoms with Crippen LogP contribution >= 0.6 is 7.92 Å². The number of para-hydroxylation sites is 2. The molecule has 3 nitrogen and oxygen atoms in total. The number of aryl methyl sites for hydroxylation is 1. The van der Waals surface area contributed by atoms with Crippen molar-refractivity contribution >= 4 is 24.5 Å². The van der Waals surface area contributed by atoms with Crippen molar-refractivity contribution < 1.29 is 19.5 Å². The van der Waals surface area contributed by atoms with E-state index in [0.717, 1.165) is 16.8 Å². The maximum absolute atomic E-state index is 7.32. The zero-order valence-electron chi connectivity index (χ0n) is 14.7. The Morgan fingerprint density at radius 3 is 2.00 bits per heavy atom. The van der Waals surface area contributed by atoms with Crippen molar-refractivity contribution in [1.82, 2.24) is 9.55 Å². The molecular formula is C17H28N3PRu+. The molecule has 0 unspecified atom stereocenters. The zero-order valence-corrected chi connectivity index (χ0v) is 17.4. The summed E-state index contributed by atoms with van der Waals surface area (Å²) in [7, 11) is 1.56. The summed E-state index contributed by atoms with van der Waals surface area (Å²) in [6.07, 6.45) is 0. The van der Waals surface area contributed by atoms with Gasteiger partial charge in [-0.05, 0) is 39.8 Å². The molecule has 0 aliphatic carbocycles. The van der Waals surface area contributed by atoms with E-state index < -0.39 is 7.92 Å². The van der Waals surface area contributed by atoms with Crippen LogP contribution in [0.3, 0.4) is 0 Å². The molecule has 0 amide bonds. The molecule has 0 aliphatic rings. The van der Waals surface area contributed by atoms with E-state index in [1.54, 1.807) is 6.07 Å². The Morgan fingerprint density at radius 2 is 1.59 bits per heavy atom. The van der Waals surface area contributed by atoms with Gasteiger partial charge in [0.25, 0.3) is 5.57 Å². The van der Waals surface area contributed by atoms with Gasteiger partial charge in [-0.1, -0.05) is 12.1 Å². The summed E-state index contributed by atoms with van der Waals surface area (Å²) in [5, 5.41) is 7.32. The van der Waals surface area contributed by atoms with Crippen LogP contribution in [0.4, 0.5) is 0 Å². The monoisotopic (exact) mass is 407 g/mol. The molecule has 2 rings (SSSR count). The van der Waals surface area contributed by atoms with Crippen molar-refractivity contribution in [3.8, 4) is 6.07 Å². The Kier molecular flexibility index (Phi) is 11.6. The minimum Gasteiger partial charge on any atom is -0.358 e. The second kappa shape index (κ2) is 10.9. The van der Waals surface area contributed by atoms with E-state index in [4.69, 9.17) is 10.2 Å². The van der Waals surface area contributed by atoms with E-state index in [1.807, 2.05) is 0 Å². The number of rotatable bonds is 3. The summed E-state index contributed by atoms with van der Waals surface area (Å²) in [5.74, 6) is 0. The number of aromatic nitrogens is 2. The quantitative estimate of drug-likeness (QED) is 0.435. The molecule has 0 saturated heterocycles. The van der Waals surface area contributed by atoms with Crippen LogP contribution in [-0.2, 0) is 26.5 Å². The second-order valence-corrected chi connectivity index (χ2v) is 9.14. The first-order chi connectivity index (χ1) is 9.43. The first kappa shape index (κ1) is 23.5. The van der Waals surface area contributed by atoms with E-state index in [9.17, 15) is 0 Å². The Bertz CT molecular complexity index is 591. The minimum absolute atomic E-state index is 0. The molecule has 2 aromatic rings. The van der Waals surface area contributed by atoms with E-state index in [1.165, 1.54) is 18.0 Å². The van der Waals surface area contributed by atoms with Crippen LogP contribution in [0.2, 0.25) is 0 Å². The van der Waals surface area contributed by atoms with Crippen molar-refractivity contribution in [2.45, 2.75) is 45.9 Å². The van der Waals surface area contributed by atoms with Gasteiger partial charge < -0.3 is 7.43 Å². The van der Waals surface area contributed by atoms with Gasteiger partial charge in [0.15, 0.2) is 0 Å². The molecule has 1 radical (unpaired) electrons. The van der Waals surface area contributed by atoms with Crippen LogP contribution in [0.5, 0.6) is 0 Å². The third-order valence-electron chi connectivity index (χ3n) is 3.29. The average Bonchev–Trinajstić information content (AvgIpc) is 2.68. The maximum atomic E-state index is 7.32. The predicted octanol–water partition coefficient (Wildman–Crippen LogP) is 4.21. The topological polar surface area (TPSA) is 41.6 Å².